The van der Waals surface area contributed by atoms with E-state index in [0.29, 0.717) is 12.3 Å². The molecule has 0 aromatic heterocycles. The number of rotatable bonds is 6. The Morgan fingerprint density at radius 1 is 1.24 bits per heavy atom. The van der Waals surface area contributed by atoms with Crippen LogP contribution in [0.25, 0.3) is 0 Å². The zero-order valence-corrected chi connectivity index (χ0v) is 10.9. The number of benzene rings is 1. The second kappa shape index (κ2) is 6.47. The van der Waals surface area contributed by atoms with Gasteiger partial charge in [-0.25, -0.2) is 0 Å². The molecular formula is C13H21NO3. The van der Waals surface area contributed by atoms with Crippen molar-refractivity contribution in [1.82, 2.24) is 5.32 Å². The minimum Gasteiger partial charge on any atom is -0.496 e. The number of likely N-dealkylation sites (N-methyl/N-ethyl adjacent to an activating group) is 1. The lowest BCUT2D eigenvalue weighted by Gasteiger charge is -2.17. The van der Waals surface area contributed by atoms with Gasteiger partial charge in [0.2, 0.25) is 0 Å². The lowest BCUT2D eigenvalue weighted by atomic mass is 10.0. The van der Waals surface area contributed by atoms with Crippen molar-refractivity contribution in [3.8, 4) is 11.5 Å². The normalized spacial score (nSPS) is 12.3. The van der Waals surface area contributed by atoms with Gasteiger partial charge in [-0.05, 0) is 31.2 Å². The molecule has 1 aromatic rings. The molecule has 1 unspecified atom stereocenters. The second-order valence-corrected chi connectivity index (χ2v) is 3.89. The molecule has 2 N–H and O–H groups in total. The highest BCUT2D eigenvalue weighted by Gasteiger charge is 2.15. The van der Waals surface area contributed by atoms with Crippen LogP contribution >= 0.6 is 0 Å². The Hall–Kier alpha value is -1.26. The molecule has 0 heterocycles. The summed E-state index contributed by atoms with van der Waals surface area (Å²) in [6.07, 6.45) is -0.598. The highest BCUT2D eigenvalue weighted by Crippen LogP contribution is 2.32. The van der Waals surface area contributed by atoms with E-state index in [1.165, 1.54) is 0 Å². The molecule has 17 heavy (non-hydrogen) atoms. The first-order valence-electron chi connectivity index (χ1n) is 5.75. The lowest BCUT2D eigenvalue weighted by molar-refractivity contribution is 0.171. The van der Waals surface area contributed by atoms with E-state index in [2.05, 4.69) is 5.32 Å². The fourth-order valence-electron chi connectivity index (χ4n) is 1.73. The van der Waals surface area contributed by atoms with Gasteiger partial charge in [-0.15, -0.1) is 0 Å². The van der Waals surface area contributed by atoms with E-state index in [9.17, 15) is 5.11 Å². The minimum absolute atomic E-state index is 0.499. The van der Waals surface area contributed by atoms with Crippen molar-refractivity contribution in [2.45, 2.75) is 20.0 Å². The maximum atomic E-state index is 10.1. The van der Waals surface area contributed by atoms with E-state index in [1.54, 1.807) is 14.2 Å². The molecule has 4 heteroatoms. The van der Waals surface area contributed by atoms with Crippen molar-refractivity contribution in [1.29, 1.82) is 0 Å². The van der Waals surface area contributed by atoms with Crippen LogP contribution < -0.4 is 14.8 Å². The molecular weight excluding hydrogens is 218 g/mol. The molecule has 0 aliphatic carbocycles. The molecule has 0 aliphatic heterocycles. The van der Waals surface area contributed by atoms with Gasteiger partial charge in [0.25, 0.3) is 0 Å². The Kier molecular flexibility index (Phi) is 5.25. The Morgan fingerprint density at radius 2 is 1.88 bits per heavy atom. The van der Waals surface area contributed by atoms with Gasteiger partial charge in [0.1, 0.15) is 11.5 Å². The zero-order chi connectivity index (χ0) is 12.8. The summed E-state index contributed by atoms with van der Waals surface area (Å²) in [7, 11) is 3.22. The Bertz CT molecular complexity index is 366. The van der Waals surface area contributed by atoms with Crippen LogP contribution in [-0.2, 0) is 0 Å². The van der Waals surface area contributed by atoms with Crippen molar-refractivity contribution < 1.29 is 14.6 Å². The van der Waals surface area contributed by atoms with Crippen LogP contribution in [0.1, 0.15) is 24.2 Å². The fraction of sp³-hybridized carbons (Fsp3) is 0.538. The molecule has 0 radical (unpaired) electrons. The van der Waals surface area contributed by atoms with Crippen molar-refractivity contribution in [3.05, 3.63) is 23.3 Å². The largest absolute Gasteiger partial charge is 0.496 e. The van der Waals surface area contributed by atoms with Crippen molar-refractivity contribution in [2.24, 2.45) is 0 Å². The Labute approximate surface area is 103 Å². The first-order chi connectivity index (χ1) is 8.13. The smallest absolute Gasteiger partial charge is 0.125 e. The summed E-state index contributed by atoms with van der Waals surface area (Å²) in [5, 5.41) is 13.2. The molecule has 1 atom stereocenters. The summed E-state index contributed by atoms with van der Waals surface area (Å²) in [6.45, 7) is 5.27. The van der Waals surface area contributed by atoms with E-state index in [1.807, 2.05) is 26.0 Å². The maximum absolute atomic E-state index is 10.1. The SMILES string of the molecule is CCNCC(O)c1cc(OC)c(C)cc1OC. The number of hydrogen-bond donors (Lipinski definition) is 2. The maximum Gasteiger partial charge on any atom is 0.125 e. The van der Waals surface area contributed by atoms with Crippen molar-refractivity contribution >= 4 is 0 Å². The quantitative estimate of drug-likeness (QED) is 0.792. The van der Waals surface area contributed by atoms with E-state index in [0.717, 1.165) is 23.4 Å². The highest BCUT2D eigenvalue weighted by atomic mass is 16.5. The van der Waals surface area contributed by atoms with Gasteiger partial charge in [-0.2, -0.15) is 0 Å². The third kappa shape index (κ3) is 3.35. The number of aryl methyl sites for hydroxylation is 1. The lowest BCUT2D eigenvalue weighted by Crippen LogP contribution is -2.21. The summed E-state index contributed by atoms with van der Waals surface area (Å²) < 4.78 is 10.5. The molecule has 0 spiro atoms. The molecule has 4 nitrogen and oxygen atoms in total. The van der Waals surface area contributed by atoms with Gasteiger partial charge < -0.3 is 19.9 Å². The van der Waals surface area contributed by atoms with Crippen LogP contribution in [0.15, 0.2) is 12.1 Å². The Balaban J connectivity index is 3.02. The van der Waals surface area contributed by atoms with Crippen molar-refractivity contribution in [2.75, 3.05) is 27.3 Å². The predicted molar refractivity (Wildman–Crippen MR) is 67.8 cm³/mol. The third-order valence-electron chi connectivity index (χ3n) is 2.69. The summed E-state index contributed by atoms with van der Waals surface area (Å²) in [4.78, 5) is 0. The number of hydrogen-bond acceptors (Lipinski definition) is 4. The average Bonchev–Trinajstić information content (AvgIpc) is 2.35. The molecule has 1 aromatic carbocycles. The summed E-state index contributed by atoms with van der Waals surface area (Å²) in [6, 6.07) is 3.71. The second-order valence-electron chi connectivity index (χ2n) is 3.89. The summed E-state index contributed by atoms with van der Waals surface area (Å²) >= 11 is 0. The molecule has 1 rings (SSSR count). The topological polar surface area (TPSA) is 50.7 Å². The van der Waals surface area contributed by atoms with E-state index in [4.69, 9.17) is 9.47 Å². The first-order valence-corrected chi connectivity index (χ1v) is 5.75. The van der Waals surface area contributed by atoms with Gasteiger partial charge in [0.15, 0.2) is 0 Å². The van der Waals surface area contributed by atoms with Gasteiger partial charge in [-0.3, -0.25) is 0 Å². The number of methoxy groups -OCH3 is 2. The van der Waals surface area contributed by atoms with Gasteiger partial charge in [0, 0.05) is 12.1 Å². The van der Waals surface area contributed by atoms with Crippen LogP contribution in [-0.4, -0.2) is 32.4 Å². The standard InChI is InChI=1S/C13H21NO3/c1-5-14-8-11(15)10-7-12(16-3)9(2)6-13(10)17-4/h6-7,11,14-15H,5,8H2,1-4H3. The van der Waals surface area contributed by atoms with Gasteiger partial charge in [0.05, 0.1) is 20.3 Å². The number of nitrogens with one attached hydrogen (secondary N) is 1. The molecule has 0 aliphatic rings. The number of ether oxygens (including phenoxy) is 2. The fourth-order valence-corrected chi connectivity index (χ4v) is 1.73. The Morgan fingerprint density at radius 3 is 2.41 bits per heavy atom. The van der Waals surface area contributed by atoms with Crippen LogP contribution in [0.5, 0.6) is 11.5 Å². The monoisotopic (exact) mass is 239 g/mol. The summed E-state index contributed by atoms with van der Waals surface area (Å²) in [5.74, 6) is 1.45. The van der Waals surface area contributed by atoms with Crippen molar-refractivity contribution in [3.63, 3.8) is 0 Å². The van der Waals surface area contributed by atoms with Gasteiger partial charge >= 0.3 is 0 Å². The van der Waals surface area contributed by atoms with E-state index >= 15 is 0 Å². The molecule has 0 fully saturated rings. The molecule has 0 amide bonds. The number of aliphatic hydroxyl groups is 1. The predicted octanol–water partition coefficient (Wildman–Crippen LogP) is 1.66. The van der Waals surface area contributed by atoms with E-state index < -0.39 is 6.10 Å². The molecule has 96 valence electrons. The van der Waals surface area contributed by atoms with E-state index in [-0.39, 0.29) is 0 Å². The molecule has 0 bridgehead atoms. The molecule has 0 saturated heterocycles. The van der Waals surface area contributed by atoms with Crippen LogP contribution in [0.4, 0.5) is 0 Å². The average molecular weight is 239 g/mol. The number of aliphatic hydroxyl groups excluding tert-OH is 1. The highest BCUT2D eigenvalue weighted by molar-refractivity contribution is 5.47. The minimum atomic E-state index is -0.598. The van der Waals surface area contributed by atoms with Gasteiger partial charge in [-0.1, -0.05) is 6.92 Å². The van der Waals surface area contributed by atoms with Crippen LogP contribution in [0.2, 0.25) is 0 Å². The summed E-state index contributed by atoms with van der Waals surface area (Å²) in [5.41, 5.74) is 1.74. The first kappa shape index (κ1) is 13.8. The third-order valence-corrected chi connectivity index (χ3v) is 2.69. The van der Waals surface area contributed by atoms with Crippen LogP contribution in [0.3, 0.4) is 0 Å². The van der Waals surface area contributed by atoms with Crippen LogP contribution in [0, 0.1) is 6.92 Å². The zero-order valence-electron chi connectivity index (χ0n) is 10.9. The molecule has 0 saturated carbocycles.